The molecule has 1 aromatic heterocycles. The third-order valence-electron chi connectivity index (χ3n) is 3.77. The van der Waals surface area contributed by atoms with Gasteiger partial charge in [0, 0.05) is 41.1 Å². The Labute approximate surface area is 118 Å². The van der Waals surface area contributed by atoms with Crippen molar-refractivity contribution in [2.75, 3.05) is 29.1 Å². The SMILES string of the molecule is Nc1ccc(NCC2CCSCC2)c2cnccc12. The summed E-state index contributed by atoms with van der Waals surface area (Å²) in [6.45, 7) is 1.05. The van der Waals surface area contributed by atoms with Crippen LogP contribution in [0.25, 0.3) is 10.8 Å². The standard InChI is InChI=1S/C15H19N3S/c16-14-1-2-15(13-10-17-6-3-12(13)14)18-9-11-4-7-19-8-5-11/h1-3,6,10-11,18H,4-5,7-9,16H2. The van der Waals surface area contributed by atoms with Gasteiger partial charge in [-0.2, -0.15) is 11.8 Å². The van der Waals surface area contributed by atoms with Gasteiger partial charge in [-0.1, -0.05) is 0 Å². The summed E-state index contributed by atoms with van der Waals surface area (Å²) in [7, 11) is 0. The van der Waals surface area contributed by atoms with E-state index in [0.29, 0.717) is 0 Å². The highest BCUT2D eigenvalue weighted by Crippen LogP contribution is 2.29. The maximum Gasteiger partial charge on any atom is 0.0437 e. The zero-order valence-electron chi connectivity index (χ0n) is 10.9. The molecule has 0 spiro atoms. The highest BCUT2D eigenvalue weighted by atomic mass is 32.2. The van der Waals surface area contributed by atoms with Gasteiger partial charge in [-0.15, -0.1) is 0 Å². The zero-order valence-corrected chi connectivity index (χ0v) is 11.7. The third kappa shape index (κ3) is 2.78. The maximum atomic E-state index is 6.01. The molecular weight excluding hydrogens is 254 g/mol. The molecule has 19 heavy (non-hydrogen) atoms. The lowest BCUT2D eigenvalue weighted by molar-refractivity contribution is 0.516. The van der Waals surface area contributed by atoms with Gasteiger partial charge in [-0.25, -0.2) is 0 Å². The van der Waals surface area contributed by atoms with Crippen molar-refractivity contribution in [3.8, 4) is 0 Å². The van der Waals surface area contributed by atoms with Gasteiger partial charge < -0.3 is 11.1 Å². The Morgan fingerprint density at radius 3 is 2.89 bits per heavy atom. The molecule has 0 aliphatic carbocycles. The molecule has 0 amide bonds. The van der Waals surface area contributed by atoms with E-state index in [4.69, 9.17) is 5.73 Å². The number of rotatable bonds is 3. The number of nitrogen functional groups attached to an aromatic ring is 1. The molecule has 0 unspecified atom stereocenters. The fourth-order valence-corrected chi connectivity index (χ4v) is 3.78. The first kappa shape index (κ1) is 12.6. The molecule has 1 aliphatic heterocycles. The van der Waals surface area contributed by atoms with E-state index in [1.54, 1.807) is 6.20 Å². The Bertz CT molecular complexity index is 564. The van der Waals surface area contributed by atoms with Crippen molar-refractivity contribution >= 4 is 33.9 Å². The summed E-state index contributed by atoms with van der Waals surface area (Å²) < 4.78 is 0. The fourth-order valence-electron chi connectivity index (χ4n) is 2.57. The third-order valence-corrected chi connectivity index (χ3v) is 4.82. The zero-order chi connectivity index (χ0) is 13.1. The summed E-state index contributed by atoms with van der Waals surface area (Å²) in [6, 6.07) is 6.02. The Hall–Kier alpha value is -1.42. The molecule has 0 saturated carbocycles. The van der Waals surface area contributed by atoms with Gasteiger partial charge in [0.05, 0.1) is 0 Å². The summed E-state index contributed by atoms with van der Waals surface area (Å²) in [4.78, 5) is 4.21. The summed E-state index contributed by atoms with van der Waals surface area (Å²) in [5.74, 6) is 3.40. The van der Waals surface area contributed by atoms with Gasteiger partial charge in [0.25, 0.3) is 0 Å². The lowest BCUT2D eigenvalue weighted by atomic mass is 10.0. The van der Waals surface area contributed by atoms with Crippen LogP contribution in [0, 0.1) is 5.92 Å². The number of hydrogen-bond donors (Lipinski definition) is 2. The fraction of sp³-hybridized carbons (Fsp3) is 0.400. The first-order valence-corrected chi connectivity index (χ1v) is 7.94. The van der Waals surface area contributed by atoms with E-state index < -0.39 is 0 Å². The number of benzene rings is 1. The molecule has 3 nitrogen and oxygen atoms in total. The summed E-state index contributed by atoms with van der Waals surface area (Å²) in [5.41, 5.74) is 7.97. The maximum absolute atomic E-state index is 6.01. The molecule has 3 rings (SSSR count). The minimum absolute atomic E-state index is 0.797. The number of nitrogens with two attached hydrogens (primary N) is 1. The van der Waals surface area contributed by atoms with Crippen LogP contribution in [0.15, 0.2) is 30.6 Å². The lowest BCUT2D eigenvalue weighted by Gasteiger charge is -2.22. The van der Waals surface area contributed by atoms with Crippen molar-refractivity contribution in [3.05, 3.63) is 30.6 Å². The van der Waals surface area contributed by atoms with Crippen LogP contribution in [0.4, 0.5) is 11.4 Å². The van der Waals surface area contributed by atoms with Crippen LogP contribution in [0.2, 0.25) is 0 Å². The number of nitrogens with zero attached hydrogens (tertiary/aromatic N) is 1. The molecule has 1 saturated heterocycles. The normalized spacial score (nSPS) is 16.6. The van der Waals surface area contributed by atoms with E-state index in [1.807, 2.05) is 18.3 Å². The van der Waals surface area contributed by atoms with E-state index in [0.717, 1.165) is 34.6 Å². The highest BCUT2D eigenvalue weighted by Gasteiger charge is 2.13. The second-order valence-electron chi connectivity index (χ2n) is 5.06. The van der Waals surface area contributed by atoms with Crippen molar-refractivity contribution in [2.24, 2.45) is 5.92 Å². The van der Waals surface area contributed by atoms with Crippen LogP contribution in [-0.2, 0) is 0 Å². The molecule has 100 valence electrons. The topological polar surface area (TPSA) is 50.9 Å². The summed E-state index contributed by atoms with van der Waals surface area (Å²) in [5, 5.41) is 5.78. The second-order valence-corrected chi connectivity index (χ2v) is 6.29. The quantitative estimate of drug-likeness (QED) is 0.842. The van der Waals surface area contributed by atoms with Gasteiger partial charge in [0.2, 0.25) is 0 Å². The number of fused-ring (bicyclic) bond motifs is 1. The first-order chi connectivity index (χ1) is 9.34. The predicted molar refractivity (Wildman–Crippen MR) is 84.7 cm³/mol. The number of aromatic nitrogens is 1. The van der Waals surface area contributed by atoms with Gasteiger partial charge in [-0.3, -0.25) is 4.98 Å². The van der Waals surface area contributed by atoms with E-state index in [1.165, 1.54) is 24.3 Å². The number of thioether (sulfide) groups is 1. The largest absolute Gasteiger partial charge is 0.398 e. The van der Waals surface area contributed by atoms with Gasteiger partial charge in [-0.05, 0) is 48.5 Å². The van der Waals surface area contributed by atoms with Crippen LogP contribution in [0.5, 0.6) is 0 Å². The minimum Gasteiger partial charge on any atom is -0.398 e. The predicted octanol–water partition coefficient (Wildman–Crippen LogP) is 3.37. The smallest absolute Gasteiger partial charge is 0.0437 e. The molecule has 3 N–H and O–H groups in total. The van der Waals surface area contributed by atoms with Crippen molar-refractivity contribution in [2.45, 2.75) is 12.8 Å². The van der Waals surface area contributed by atoms with Crippen LogP contribution in [-0.4, -0.2) is 23.0 Å². The van der Waals surface area contributed by atoms with Gasteiger partial charge in [0.1, 0.15) is 0 Å². The Kier molecular flexibility index (Phi) is 3.78. The number of nitrogens with one attached hydrogen (secondary N) is 1. The molecule has 0 atom stereocenters. The number of anilines is 2. The van der Waals surface area contributed by atoms with Crippen molar-refractivity contribution < 1.29 is 0 Å². The van der Waals surface area contributed by atoms with Crippen LogP contribution >= 0.6 is 11.8 Å². The van der Waals surface area contributed by atoms with E-state index in [9.17, 15) is 0 Å². The van der Waals surface area contributed by atoms with Gasteiger partial charge >= 0.3 is 0 Å². The van der Waals surface area contributed by atoms with Crippen LogP contribution < -0.4 is 11.1 Å². The van der Waals surface area contributed by atoms with E-state index in [2.05, 4.69) is 28.1 Å². The number of hydrogen-bond acceptors (Lipinski definition) is 4. The molecule has 4 heteroatoms. The van der Waals surface area contributed by atoms with Crippen molar-refractivity contribution in [3.63, 3.8) is 0 Å². The first-order valence-electron chi connectivity index (χ1n) is 6.78. The molecule has 2 heterocycles. The van der Waals surface area contributed by atoms with Crippen LogP contribution in [0.3, 0.4) is 0 Å². The molecule has 2 aromatic rings. The van der Waals surface area contributed by atoms with Crippen LogP contribution in [0.1, 0.15) is 12.8 Å². The Morgan fingerprint density at radius 2 is 2.05 bits per heavy atom. The molecule has 1 fully saturated rings. The molecule has 0 radical (unpaired) electrons. The summed E-state index contributed by atoms with van der Waals surface area (Å²) >= 11 is 2.07. The lowest BCUT2D eigenvalue weighted by Crippen LogP contribution is -2.19. The number of pyridine rings is 1. The molecule has 1 aromatic carbocycles. The second kappa shape index (κ2) is 5.70. The molecular formula is C15H19N3S. The monoisotopic (exact) mass is 273 g/mol. The van der Waals surface area contributed by atoms with Crippen molar-refractivity contribution in [1.29, 1.82) is 0 Å². The molecule has 0 bridgehead atoms. The average molecular weight is 273 g/mol. The van der Waals surface area contributed by atoms with E-state index in [-0.39, 0.29) is 0 Å². The van der Waals surface area contributed by atoms with Crippen molar-refractivity contribution in [1.82, 2.24) is 4.98 Å². The average Bonchev–Trinajstić information content (AvgIpc) is 2.48. The Morgan fingerprint density at radius 1 is 1.21 bits per heavy atom. The molecule has 1 aliphatic rings. The summed E-state index contributed by atoms with van der Waals surface area (Å²) in [6.07, 6.45) is 6.33. The Balaban J connectivity index is 1.79. The minimum atomic E-state index is 0.797. The van der Waals surface area contributed by atoms with E-state index >= 15 is 0 Å². The van der Waals surface area contributed by atoms with Gasteiger partial charge in [0.15, 0.2) is 0 Å². The highest BCUT2D eigenvalue weighted by molar-refractivity contribution is 7.99.